The zero-order valence-corrected chi connectivity index (χ0v) is 32.1. The molecule has 1 aliphatic heterocycles. The molecule has 278 valence electrons. The van der Waals surface area contributed by atoms with Crippen LogP contribution in [0.2, 0.25) is 5.02 Å². The van der Waals surface area contributed by atoms with Crippen molar-refractivity contribution in [3.63, 3.8) is 0 Å². The van der Waals surface area contributed by atoms with Crippen molar-refractivity contribution >= 4 is 50.2 Å². The van der Waals surface area contributed by atoms with Crippen molar-refractivity contribution in [1.82, 2.24) is 28.9 Å². The van der Waals surface area contributed by atoms with E-state index in [1.54, 1.807) is 28.9 Å². The minimum absolute atomic E-state index is 0.0335. The van der Waals surface area contributed by atoms with Gasteiger partial charge in [0.05, 0.1) is 26.9 Å². The number of carbonyl (C=O) groups is 3. The largest absolute Gasteiger partial charge is 0.348 e. The topological polar surface area (TPSA) is 127 Å². The molecule has 0 spiro atoms. The number of nitrogens with zero attached hydrogens (tertiary/aromatic N) is 5. The predicted molar refractivity (Wildman–Crippen MR) is 206 cm³/mol. The highest BCUT2D eigenvalue weighted by Crippen LogP contribution is 2.29. The van der Waals surface area contributed by atoms with Crippen LogP contribution in [0.15, 0.2) is 77.8 Å². The maximum Gasteiger partial charge on any atom is 0.275 e. The summed E-state index contributed by atoms with van der Waals surface area (Å²) in [5.74, 6) is -1.55. The summed E-state index contributed by atoms with van der Waals surface area (Å²) in [6.07, 6.45) is 6.05. The molecule has 53 heavy (non-hydrogen) atoms. The van der Waals surface area contributed by atoms with Gasteiger partial charge in [0.25, 0.3) is 27.7 Å². The first-order chi connectivity index (χ1) is 25.5. The van der Waals surface area contributed by atoms with E-state index in [9.17, 15) is 22.8 Å². The number of aromatic nitrogens is 3. The zero-order valence-electron chi connectivity index (χ0n) is 30.6. The average Bonchev–Trinajstić information content (AvgIpc) is 3.72. The van der Waals surface area contributed by atoms with Gasteiger partial charge in [-0.05, 0) is 86.7 Å². The van der Waals surface area contributed by atoms with Crippen LogP contribution in [-0.2, 0) is 29.5 Å². The average molecular weight is 757 g/mol. The molecule has 3 amide bonds. The lowest BCUT2D eigenvalue weighted by Gasteiger charge is -2.29. The Kier molecular flexibility index (Phi) is 11.4. The van der Waals surface area contributed by atoms with Crippen LogP contribution < -0.4 is 4.72 Å². The highest BCUT2D eigenvalue weighted by molar-refractivity contribution is 7.90. The van der Waals surface area contributed by atoms with E-state index in [-0.39, 0.29) is 38.6 Å². The van der Waals surface area contributed by atoms with Crippen molar-refractivity contribution in [3.05, 3.63) is 112 Å². The molecule has 3 heterocycles. The normalized spacial score (nSPS) is 12.9. The highest BCUT2D eigenvalue weighted by Gasteiger charge is 2.30. The third-order valence-corrected chi connectivity index (χ3v) is 11.6. The molecule has 6 rings (SSSR count). The number of fused-ring (bicyclic) bond motifs is 2. The standard InChI is InChI=1S/C40H45ClN6O5S/c1-5-8-20-45(21-9-6-2)40(50)37-36(41)27(4)47(42-37)35-16-14-30(25-33(35)39(49)46-23-18-28-12-10-11-13-31(28)26-46)38(48)43-53(51,52)32-15-17-34-29(24-32)19-22-44(34)7-3/h10-17,19,22,24-25H,5-9,18,20-21,23,26H2,1-4H3,(H,43,48). The van der Waals surface area contributed by atoms with Gasteiger partial charge >= 0.3 is 0 Å². The number of hydrogen-bond donors (Lipinski definition) is 1. The third kappa shape index (κ3) is 7.75. The van der Waals surface area contributed by atoms with Crippen LogP contribution in [0.4, 0.5) is 0 Å². The van der Waals surface area contributed by atoms with E-state index in [4.69, 9.17) is 11.6 Å². The highest BCUT2D eigenvalue weighted by atomic mass is 35.5. The predicted octanol–water partition coefficient (Wildman–Crippen LogP) is 7.17. The molecule has 0 saturated heterocycles. The molecule has 1 N–H and O–H groups in total. The van der Waals surface area contributed by atoms with Crippen LogP contribution >= 0.6 is 11.6 Å². The van der Waals surface area contributed by atoms with Gasteiger partial charge in [-0.1, -0.05) is 62.6 Å². The monoisotopic (exact) mass is 756 g/mol. The Labute approximate surface area is 315 Å². The summed E-state index contributed by atoms with van der Waals surface area (Å²) in [6.45, 7) is 10.5. The lowest BCUT2D eigenvalue weighted by atomic mass is 9.98. The maximum absolute atomic E-state index is 14.4. The second-order valence-corrected chi connectivity index (χ2v) is 15.5. The first-order valence-electron chi connectivity index (χ1n) is 18.2. The van der Waals surface area contributed by atoms with Crippen molar-refractivity contribution in [2.45, 2.75) is 77.8 Å². The van der Waals surface area contributed by atoms with Crippen LogP contribution in [0.1, 0.15) is 94.5 Å². The molecule has 0 bridgehead atoms. The Bertz CT molecular complexity index is 2290. The molecular weight excluding hydrogens is 712 g/mol. The Morgan fingerprint density at radius 2 is 1.64 bits per heavy atom. The maximum atomic E-state index is 14.4. The number of halogens is 1. The molecule has 2 aromatic heterocycles. The van der Waals surface area contributed by atoms with E-state index in [1.165, 1.54) is 28.9 Å². The molecule has 0 atom stereocenters. The van der Waals surface area contributed by atoms with Crippen LogP contribution in [0.3, 0.4) is 0 Å². The van der Waals surface area contributed by atoms with Gasteiger partial charge in [-0.3, -0.25) is 14.4 Å². The van der Waals surface area contributed by atoms with Gasteiger partial charge in [0, 0.05) is 55.4 Å². The van der Waals surface area contributed by atoms with E-state index >= 15 is 0 Å². The number of sulfonamides is 1. The summed E-state index contributed by atoms with van der Waals surface area (Å²) < 4.78 is 32.6. The molecule has 0 aliphatic carbocycles. The number of amides is 3. The van der Waals surface area contributed by atoms with Crippen molar-refractivity contribution in [2.24, 2.45) is 0 Å². The summed E-state index contributed by atoms with van der Waals surface area (Å²) in [4.78, 5) is 45.3. The lowest BCUT2D eigenvalue weighted by molar-refractivity contribution is 0.0732. The summed E-state index contributed by atoms with van der Waals surface area (Å²) in [7, 11) is -4.27. The first-order valence-corrected chi connectivity index (χ1v) is 20.0. The molecule has 5 aromatic rings. The van der Waals surface area contributed by atoms with Crippen molar-refractivity contribution in [3.8, 4) is 5.69 Å². The zero-order chi connectivity index (χ0) is 37.9. The minimum Gasteiger partial charge on any atom is -0.348 e. The van der Waals surface area contributed by atoms with E-state index in [1.807, 2.05) is 48.0 Å². The number of nitrogens with one attached hydrogen (secondary N) is 1. The van der Waals surface area contributed by atoms with Crippen LogP contribution in [-0.4, -0.2) is 69.9 Å². The lowest BCUT2D eigenvalue weighted by Crippen LogP contribution is -2.37. The van der Waals surface area contributed by atoms with Gasteiger partial charge in [0.15, 0.2) is 5.69 Å². The van der Waals surface area contributed by atoms with Gasteiger partial charge in [-0.15, -0.1) is 0 Å². The molecule has 0 radical (unpaired) electrons. The molecule has 0 fully saturated rings. The summed E-state index contributed by atoms with van der Waals surface area (Å²) >= 11 is 6.81. The number of aryl methyl sites for hydroxylation is 1. The van der Waals surface area contributed by atoms with E-state index in [0.717, 1.165) is 54.3 Å². The van der Waals surface area contributed by atoms with Gasteiger partial charge in [0.2, 0.25) is 0 Å². The Balaban J connectivity index is 1.37. The molecular formula is C40H45ClN6O5S. The second kappa shape index (κ2) is 16.0. The van der Waals surface area contributed by atoms with E-state index in [2.05, 4.69) is 23.7 Å². The van der Waals surface area contributed by atoms with Crippen molar-refractivity contribution in [2.75, 3.05) is 19.6 Å². The Morgan fingerprint density at radius 1 is 0.925 bits per heavy atom. The van der Waals surface area contributed by atoms with Gasteiger partial charge in [-0.25, -0.2) is 17.8 Å². The minimum atomic E-state index is -4.27. The quantitative estimate of drug-likeness (QED) is 0.136. The van der Waals surface area contributed by atoms with Gasteiger partial charge in [0.1, 0.15) is 0 Å². The van der Waals surface area contributed by atoms with Crippen LogP contribution in [0, 0.1) is 6.92 Å². The smallest absolute Gasteiger partial charge is 0.275 e. The van der Waals surface area contributed by atoms with Crippen molar-refractivity contribution in [1.29, 1.82) is 0 Å². The first kappa shape index (κ1) is 37.8. The molecule has 3 aromatic carbocycles. The van der Waals surface area contributed by atoms with E-state index < -0.39 is 15.9 Å². The fourth-order valence-electron chi connectivity index (χ4n) is 6.75. The number of hydrogen-bond acceptors (Lipinski definition) is 6. The number of benzene rings is 3. The molecule has 11 nitrogen and oxygen atoms in total. The summed E-state index contributed by atoms with van der Waals surface area (Å²) in [5.41, 5.74) is 3.99. The van der Waals surface area contributed by atoms with Crippen LogP contribution in [0.5, 0.6) is 0 Å². The Hall–Kier alpha value is -4.94. The number of unbranched alkanes of at least 4 members (excludes halogenated alkanes) is 2. The number of carbonyl (C=O) groups excluding carboxylic acids is 3. The fraction of sp³-hybridized carbons (Fsp3) is 0.350. The molecule has 1 aliphatic rings. The molecule has 0 unspecified atom stereocenters. The SMILES string of the molecule is CCCCN(CCCC)C(=O)c1nn(-c2ccc(C(=O)NS(=O)(=O)c3ccc4c(ccn4CC)c3)cc2C(=O)N2CCc3ccccc3C2)c(C)c1Cl. The molecule has 0 saturated carbocycles. The molecule has 13 heteroatoms. The van der Waals surface area contributed by atoms with Crippen molar-refractivity contribution < 1.29 is 22.8 Å². The number of rotatable bonds is 13. The van der Waals surface area contributed by atoms with Gasteiger partial charge < -0.3 is 14.4 Å². The third-order valence-electron chi connectivity index (χ3n) is 9.85. The van der Waals surface area contributed by atoms with Gasteiger partial charge in [-0.2, -0.15) is 5.10 Å². The van der Waals surface area contributed by atoms with Crippen LogP contribution in [0.25, 0.3) is 16.6 Å². The van der Waals surface area contributed by atoms with E-state index in [0.29, 0.717) is 44.0 Å². The fourth-order valence-corrected chi connectivity index (χ4v) is 7.96. The Morgan fingerprint density at radius 3 is 2.34 bits per heavy atom. The summed E-state index contributed by atoms with van der Waals surface area (Å²) in [5, 5.41) is 5.58. The second-order valence-electron chi connectivity index (χ2n) is 13.4. The summed E-state index contributed by atoms with van der Waals surface area (Å²) in [6, 6.07) is 18.8.